The van der Waals surface area contributed by atoms with Gasteiger partial charge in [0.05, 0.1) is 34.7 Å². The highest BCUT2D eigenvalue weighted by molar-refractivity contribution is 7.91. The maximum absolute atomic E-state index is 12.8. The molecule has 1 saturated heterocycles. The summed E-state index contributed by atoms with van der Waals surface area (Å²) in [5, 5.41) is 17.9. The second kappa shape index (κ2) is 7.41. The molecule has 2 atom stereocenters. The number of sulfone groups is 1. The quantitative estimate of drug-likeness (QED) is 0.637. The van der Waals surface area contributed by atoms with Crippen LogP contribution in [-0.2, 0) is 21.2 Å². The van der Waals surface area contributed by atoms with E-state index in [0.29, 0.717) is 16.5 Å². The Morgan fingerprint density at radius 2 is 1.72 bits per heavy atom. The summed E-state index contributed by atoms with van der Waals surface area (Å²) in [6.45, 7) is -0.382. The van der Waals surface area contributed by atoms with Gasteiger partial charge in [-0.15, -0.1) is 0 Å². The van der Waals surface area contributed by atoms with Gasteiger partial charge >= 0.3 is 0 Å². The second-order valence-electron chi connectivity index (χ2n) is 7.04. The van der Waals surface area contributed by atoms with E-state index in [1.54, 1.807) is 18.2 Å². The summed E-state index contributed by atoms with van der Waals surface area (Å²) in [6, 6.07) is 15.5. The molecule has 1 aromatic heterocycles. The Kier molecular flexibility index (Phi) is 4.93. The number of nitrogens with one attached hydrogen (secondary N) is 1. The minimum Gasteiger partial charge on any atom is -0.390 e. The van der Waals surface area contributed by atoms with Crippen LogP contribution in [0.3, 0.4) is 0 Å². The Labute approximate surface area is 166 Å². The van der Waals surface area contributed by atoms with Crippen LogP contribution in [-0.4, -0.2) is 52.9 Å². The SMILES string of the molecule is O=C(Cn1nc(-c2ccccc2)c2ccccc2c1=O)N[C@@H]1CS(=O)(=O)C[C@H]1O. The lowest BCUT2D eigenvalue weighted by Crippen LogP contribution is -2.45. The maximum Gasteiger partial charge on any atom is 0.275 e. The molecule has 150 valence electrons. The molecule has 0 spiro atoms. The normalized spacial score (nSPS) is 20.6. The molecular formula is C20H19N3O5S. The van der Waals surface area contributed by atoms with Crippen molar-refractivity contribution in [3.05, 3.63) is 65.0 Å². The average Bonchev–Trinajstić information content (AvgIpc) is 2.96. The molecule has 9 heteroatoms. The monoisotopic (exact) mass is 413 g/mol. The van der Waals surface area contributed by atoms with E-state index < -0.39 is 33.4 Å². The summed E-state index contributed by atoms with van der Waals surface area (Å²) in [6.07, 6.45) is -1.16. The van der Waals surface area contributed by atoms with Gasteiger partial charge in [-0.2, -0.15) is 5.10 Å². The zero-order valence-electron chi connectivity index (χ0n) is 15.4. The van der Waals surface area contributed by atoms with E-state index in [-0.39, 0.29) is 18.1 Å². The van der Waals surface area contributed by atoms with Crippen molar-refractivity contribution < 1.29 is 18.3 Å². The molecule has 0 aliphatic carbocycles. The van der Waals surface area contributed by atoms with Crippen LogP contribution in [0.4, 0.5) is 0 Å². The smallest absolute Gasteiger partial charge is 0.275 e. The topological polar surface area (TPSA) is 118 Å². The largest absolute Gasteiger partial charge is 0.390 e. The number of fused-ring (bicyclic) bond motifs is 1. The Morgan fingerprint density at radius 1 is 1.07 bits per heavy atom. The summed E-state index contributed by atoms with van der Waals surface area (Å²) in [5.41, 5.74) is 0.947. The summed E-state index contributed by atoms with van der Waals surface area (Å²) in [7, 11) is -3.39. The van der Waals surface area contributed by atoms with E-state index >= 15 is 0 Å². The molecule has 1 aliphatic rings. The minimum atomic E-state index is -3.39. The number of rotatable bonds is 4. The van der Waals surface area contributed by atoms with Crippen molar-refractivity contribution in [2.45, 2.75) is 18.7 Å². The van der Waals surface area contributed by atoms with Gasteiger partial charge in [0.15, 0.2) is 9.84 Å². The van der Waals surface area contributed by atoms with Crippen molar-refractivity contribution in [2.75, 3.05) is 11.5 Å². The van der Waals surface area contributed by atoms with Crippen molar-refractivity contribution in [2.24, 2.45) is 0 Å². The van der Waals surface area contributed by atoms with E-state index in [1.165, 1.54) is 0 Å². The molecule has 2 heterocycles. The molecule has 2 aromatic carbocycles. The summed E-state index contributed by atoms with van der Waals surface area (Å²) in [5.74, 6) is -1.30. The molecular weight excluding hydrogens is 394 g/mol. The van der Waals surface area contributed by atoms with E-state index in [1.807, 2.05) is 36.4 Å². The van der Waals surface area contributed by atoms with Crippen molar-refractivity contribution in [3.63, 3.8) is 0 Å². The summed E-state index contributed by atoms with van der Waals surface area (Å²) >= 11 is 0. The van der Waals surface area contributed by atoms with Crippen molar-refractivity contribution in [1.29, 1.82) is 0 Å². The van der Waals surface area contributed by atoms with E-state index in [4.69, 9.17) is 0 Å². The predicted octanol–water partition coefficient (Wildman–Crippen LogP) is 0.338. The standard InChI is InChI=1S/C20H19N3O5S/c24-17-12-29(27,28)11-16(17)21-18(25)10-23-20(26)15-9-5-4-8-14(15)19(22-23)13-6-2-1-3-7-13/h1-9,16-17,24H,10-12H2,(H,21,25)/t16-,17-/m1/s1. The molecule has 1 amide bonds. The molecule has 1 fully saturated rings. The van der Waals surface area contributed by atoms with Gasteiger partial charge in [0.2, 0.25) is 5.91 Å². The first-order valence-corrected chi connectivity index (χ1v) is 10.9. The van der Waals surface area contributed by atoms with Gasteiger partial charge in [-0.1, -0.05) is 48.5 Å². The van der Waals surface area contributed by atoms with Crippen LogP contribution in [0.5, 0.6) is 0 Å². The third-order valence-corrected chi connectivity index (χ3v) is 6.59. The number of hydrogen-bond acceptors (Lipinski definition) is 6. The number of carbonyl (C=O) groups excluding carboxylic acids is 1. The lowest BCUT2D eigenvalue weighted by Gasteiger charge is -2.16. The fraction of sp³-hybridized carbons (Fsp3) is 0.250. The lowest BCUT2D eigenvalue weighted by molar-refractivity contribution is -0.123. The number of aliphatic hydroxyl groups is 1. The van der Waals surface area contributed by atoms with E-state index in [2.05, 4.69) is 10.4 Å². The van der Waals surface area contributed by atoms with Crippen LogP contribution < -0.4 is 10.9 Å². The van der Waals surface area contributed by atoms with Gasteiger partial charge in [0.1, 0.15) is 6.54 Å². The zero-order chi connectivity index (χ0) is 20.6. The van der Waals surface area contributed by atoms with Crippen molar-refractivity contribution in [1.82, 2.24) is 15.1 Å². The maximum atomic E-state index is 12.8. The van der Waals surface area contributed by atoms with E-state index in [0.717, 1.165) is 10.2 Å². The van der Waals surface area contributed by atoms with Gasteiger partial charge in [-0.05, 0) is 6.07 Å². The number of hydrogen-bond donors (Lipinski definition) is 2. The van der Waals surface area contributed by atoms with Crippen molar-refractivity contribution in [3.8, 4) is 11.3 Å². The average molecular weight is 413 g/mol. The van der Waals surface area contributed by atoms with Crippen LogP contribution in [0.1, 0.15) is 0 Å². The number of amides is 1. The van der Waals surface area contributed by atoms with Crippen LogP contribution >= 0.6 is 0 Å². The molecule has 0 radical (unpaired) electrons. The highest BCUT2D eigenvalue weighted by Crippen LogP contribution is 2.24. The Bertz CT molecular complexity index is 1240. The molecule has 1 aliphatic heterocycles. The molecule has 0 unspecified atom stereocenters. The van der Waals surface area contributed by atoms with Gasteiger partial charge in [0.25, 0.3) is 5.56 Å². The molecule has 29 heavy (non-hydrogen) atoms. The number of carbonyl (C=O) groups is 1. The van der Waals surface area contributed by atoms with Crippen LogP contribution in [0.2, 0.25) is 0 Å². The zero-order valence-corrected chi connectivity index (χ0v) is 16.2. The van der Waals surface area contributed by atoms with Gasteiger partial charge in [0, 0.05) is 10.9 Å². The number of aromatic nitrogens is 2. The molecule has 0 saturated carbocycles. The fourth-order valence-corrected chi connectivity index (χ4v) is 5.25. The van der Waals surface area contributed by atoms with Gasteiger partial charge < -0.3 is 10.4 Å². The number of benzene rings is 2. The molecule has 0 bridgehead atoms. The minimum absolute atomic E-state index is 0.324. The van der Waals surface area contributed by atoms with Crippen molar-refractivity contribution >= 4 is 26.5 Å². The first-order chi connectivity index (χ1) is 13.8. The third kappa shape index (κ3) is 3.92. The van der Waals surface area contributed by atoms with Crippen LogP contribution in [0.25, 0.3) is 22.0 Å². The first-order valence-electron chi connectivity index (χ1n) is 9.07. The Balaban J connectivity index is 1.68. The van der Waals surface area contributed by atoms with Gasteiger partial charge in [-0.3, -0.25) is 9.59 Å². The van der Waals surface area contributed by atoms with Gasteiger partial charge in [-0.25, -0.2) is 13.1 Å². The second-order valence-corrected chi connectivity index (χ2v) is 9.20. The fourth-order valence-electron chi connectivity index (χ4n) is 3.51. The van der Waals surface area contributed by atoms with Crippen LogP contribution in [0.15, 0.2) is 59.4 Å². The highest BCUT2D eigenvalue weighted by atomic mass is 32.2. The van der Waals surface area contributed by atoms with Crippen LogP contribution in [0, 0.1) is 0 Å². The predicted molar refractivity (Wildman–Crippen MR) is 108 cm³/mol. The number of nitrogens with zero attached hydrogens (tertiary/aromatic N) is 2. The molecule has 2 N–H and O–H groups in total. The Morgan fingerprint density at radius 3 is 2.38 bits per heavy atom. The summed E-state index contributed by atoms with van der Waals surface area (Å²) < 4.78 is 24.3. The lowest BCUT2D eigenvalue weighted by atomic mass is 10.1. The Hall–Kier alpha value is -3.04. The molecule has 8 nitrogen and oxygen atoms in total. The molecule has 4 rings (SSSR count). The van der Waals surface area contributed by atoms with E-state index in [9.17, 15) is 23.1 Å². The number of aliphatic hydroxyl groups excluding tert-OH is 1. The summed E-state index contributed by atoms with van der Waals surface area (Å²) in [4.78, 5) is 25.3. The molecule has 3 aromatic rings. The highest BCUT2D eigenvalue weighted by Gasteiger charge is 2.37. The first kappa shape index (κ1) is 19.3. The third-order valence-electron chi connectivity index (χ3n) is 4.88.